The highest BCUT2D eigenvalue weighted by molar-refractivity contribution is 5.73. The van der Waals surface area contributed by atoms with Crippen molar-refractivity contribution >= 4 is 5.91 Å². The highest BCUT2D eigenvalue weighted by Crippen LogP contribution is 2.20. The van der Waals surface area contributed by atoms with Gasteiger partial charge in [-0.2, -0.15) is 0 Å². The van der Waals surface area contributed by atoms with E-state index in [0.29, 0.717) is 0 Å². The van der Waals surface area contributed by atoms with Crippen LogP contribution in [0.1, 0.15) is 6.92 Å². The predicted molar refractivity (Wildman–Crippen MR) is 54.5 cm³/mol. The number of amides is 1. The quantitative estimate of drug-likeness (QED) is 0.264. The first-order chi connectivity index (χ1) is 7.97. The Bertz CT molecular complexity index is 332. The fourth-order valence-corrected chi connectivity index (χ4v) is 1.60. The highest BCUT2D eigenvalue weighted by Gasteiger charge is 2.43. The molecule has 1 amide bonds. The van der Waals surface area contributed by atoms with Gasteiger partial charge in [0.2, 0.25) is 5.91 Å². The smallest absolute Gasteiger partial charge is 0.217 e. The molecule has 0 radical (unpaired) electrons. The number of nitrogens with one attached hydrogen (secondary N) is 1. The summed E-state index contributed by atoms with van der Waals surface area (Å²) in [5.74, 6) is -0.475. The molecule has 9 heteroatoms. The molecule has 17 heavy (non-hydrogen) atoms. The second kappa shape index (κ2) is 5.80. The number of aliphatic hydroxyl groups is 3. The third-order valence-electron chi connectivity index (χ3n) is 2.41. The zero-order chi connectivity index (χ0) is 13.0. The molecule has 9 nitrogen and oxygen atoms in total. The fraction of sp³-hybridized carbons (Fsp3) is 0.875. The van der Waals surface area contributed by atoms with E-state index in [1.165, 1.54) is 6.92 Å². The molecular weight excluding hydrogens is 232 g/mol. The van der Waals surface area contributed by atoms with Crippen molar-refractivity contribution in [2.75, 3.05) is 6.54 Å². The summed E-state index contributed by atoms with van der Waals surface area (Å²) >= 11 is 0. The molecule has 1 fully saturated rings. The van der Waals surface area contributed by atoms with E-state index in [1.54, 1.807) is 0 Å². The molecule has 0 aromatic rings. The van der Waals surface area contributed by atoms with Crippen LogP contribution >= 0.6 is 0 Å². The standard InChI is InChI=1S/C8H14N4O5/c1-3(13)11-5-7(15)6(14)4(2-10-12-9)17-8(5)16/h4-8,14-16H,2H2,1H3,(H,11,13)/t4-,5+,6-,7-,8?/m1/s1. The number of carbonyl (C=O) groups excluding carboxylic acids is 1. The number of rotatable bonds is 3. The Balaban J connectivity index is 2.71. The molecule has 5 atom stereocenters. The van der Waals surface area contributed by atoms with Gasteiger partial charge in [0.15, 0.2) is 6.29 Å². The van der Waals surface area contributed by atoms with E-state index >= 15 is 0 Å². The molecule has 0 spiro atoms. The normalized spacial score (nSPS) is 37.1. The van der Waals surface area contributed by atoms with Crippen LogP contribution in [0, 0.1) is 0 Å². The van der Waals surface area contributed by atoms with Crippen molar-refractivity contribution in [1.29, 1.82) is 0 Å². The van der Waals surface area contributed by atoms with Crippen LogP contribution in [0.4, 0.5) is 0 Å². The lowest BCUT2D eigenvalue weighted by atomic mass is 9.97. The first-order valence-corrected chi connectivity index (χ1v) is 4.95. The van der Waals surface area contributed by atoms with Crippen molar-refractivity contribution in [3.63, 3.8) is 0 Å². The maximum Gasteiger partial charge on any atom is 0.217 e. The Kier molecular flexibility index (Phi) is 4.67. The van der Waals surface area contributed by atoms with Gasteiger partial charge < -0.3 is 25.4 Å². The van der Waals surface area contributed by atoms with Crippen molar-refractivity contribution in [3.8, 4) is 0 Å². The molecule has 0 aromatic heterocycles. The lowest BCUT2D eigenvalue weighted by molar-refractivity contribution is -0.244. The van der Waals surface area contributed by atoms with Crippen LogP contribution in [0.2, 0.25) is 0 Å². The predicted octanol–water partition coefficient (Wildman–Crippen LogP) is -1.76. The van der Waals surface area contributed by atoms with Gasteiger partial charge in [0.1, 0.15) is 18.2 Å². The lowest BCUT2D eigenvalue weighted by Crippen LogP contribution is -2.63. The van der Waals surface area contributed by atoms with E-state index in [0.717, 1.165) is 0 Å². The van der Waals surface area contributed by atoms with Crippen molar-refractivity contribution in [3.05, 3.63) is 10.4 Å². The summed E-state index contributed by atoms with van der Waals surface area (Å²) in [5.41, 5.74) is 8.13. The van der Waals surface area contributed by atoms with Crippen LogP contribution in [-0.2, 0) is 9.53 Å². The Morgan fingerprint density at radius 3 is 2.65 bits per heavy atom. The van der Waals surface area contributed by atoms with E-state index in [-0.39, 0.29) is 6.54 Å². The summed E-state index contributed by atoms with van der Waals surface area (Å²) in [6, 6.07) is -1.12. The number of ether oxygens (including phenoxy) is 1. The zero-order valence-corrected chi connectivity index (χ0v) is 9.09. The number of hydrogen-bond donors (Lipinski definition) is 4. The summed E-state index contributed by atoms with van der Waals surface area (Å²) in [4.78, 5) is 13.3. The number of azide groups is 1. The zero-order valence-electron chi connectivity index (χ0n) is 9.09. The average molecular weight is 246 g/mol. The molecule has 0 bridgehead atoms. The maximum atomic E-state index is 10.8. The van der Waals surface area contributed by atoms with Gasteiger partial charge in [0.05, 0.1) is 12.6 Å². The van der Waals surface area contributed by atoms with Crippen LogP contribution in [0.3, 0.4) is 0 Å². The van der Waals surface area contributed by atoms with Gasteiger partial charge in [-0.3, -0.25) is 4.79 Å². The second-order valence-corrected chi connectivity index (χ2v) is 3.69. The van der Waals surface area contributed by atoms with E-state index in [9.17, 15) is 20.1 Å². The first-order valence-electron chi connectivity index (χ1n) is 4.95. The molecule has 0 aromatic carbocycles. The lowest BCUT2D eigenvalue weighted by Gasteiger charge is -2.40. The third kappa shape index (κ3) is 3.29. The summed E-state index contributed by atoms with van der Waals surface area (Å²) < 4.78 is 4.95. The molecular formula is C8H14N4O5. The molecule has 0 aliphatic carbocycles. The molecule has 1 unspecified atom stereocenters. The summed E-state index contributed by atoms with van der Waals surface area (Å²) in [6.45, 7) is 0.983. The molecule has 1 heterocycles. The van der Waals surface area contributed by atoms with Crippen LogP contribution < -0.4 is 5.32 Å². The van der Waals surface area contributed by atoms with Crippen LogP contribution in [0.15, 0.2) is 5.11 Å². The highest BCUT2D eigenvalue weighted by atomic mass is 16.6. The SMILES string of the molecule is CC(=O)N[C@@H]1C(O)O[C@H](CN=[N+]=[N-])[C@@H](O)[C@@H]1O. The largest absolute Gasteiger partial charge is 0.388 e. The molecule has 1 rings (SSSR count). The Hall–Kier alpha value is -1.38. The van der Waals surface area contributed by atoms with Crippen molar-refractivity contribution in [2.45, 2.75) is 37.6 Å². The Morgan fingerprint density at radius 1 is 1.47 bits per heavy atom. The van der Waals surface area contributed by atoms with Crippen LogP contribution in [-0.4, -0.2) is 58.4 Å². The Morgan fingerprint density at radius 2 is 2.12 bits per heavy atom. The van der Waals surface area contributed by atoms with E-state index in [2.05, 4.69) is 15.3 Å². The topological polar surface area (TPSA) is 148 Å². The van der Waals surface area contributed by atoms with Gasteiger partial charge in [-0.25, -0.2) is 0 Å². The minimum atomic E-state index is -1.48. The molecule has 4 N–H and O–H groups in total. The molecule has 96 valence electrons. The van der Waals surface area contributed by atoms with Gasteiger partial charge in [-0.05, 0) is 5.53 Å². The minimum absolute atomic E-state index is 0.224. The number of carbonyl (C=O) groups is 1. The monoisotopic (exact) mass is 246 g/mol. The fourth-order valence-electron chi connectivity index (χ4n) is 1.60. The first kappa shape index (κ1) is 13.7. The van der Waals surface area contributed by atoms with E-state index < -0.39 is 36.6 Å². The van der Waals surface area contributed by atoms with Gasteiger partial charge >= 0.3 is 0 Å². The number of nitrogens with zero attached hydrogens (tertiary/aromatic N) is 3. The molecule has 1 aliphatic heterocycles. The minimum Gasteiger partial charge on any atom is -0.388 e. The van der Waals surface area contributed by atoms with Crippen molar-refractivity contribution < 1.29 is 24.9 Å². The van der Waals surface area contributed by atoms with Crippen LogP contribution in [0.25, 0.3) is 10.4 Å². The summed E-state index contributed by atoms with van der Waals surface area (Å²) in [7, 11) is 0. The average Bonchev–Trinajstić information content (AvgIpc) is 2.27. The summed E-state index contributed by atoms with van der Waals surface area (Å²) in [5, 5.41) is 34.3. The van der Waals surface area contributed by atoms with Gasteiger partial charge in [-0.15, -0.1) is 0 Å². The maximum absolute atomic E-state index is 10.8. The third-order valence-corrected chi connectivity index (χ3v) is 2.41. The molecule has 1 aliphatic rings. The van der Waals surface area contributed by atoms with Crippen molar-refractivity contribution in [1.82, 2.24) is 5.32 Å². The molecule has 1 saturated heterocycles. The Labute approximate surface area is 96.6 Å². The number of hydrogen-bond acceptors (Lipinski definition) is 6. The van der Waals surface area contributed by atoms with Crippen LogP contribution in [0.5, 0.6) is 0 Å². The number of aliphatic hydroxyl groups excluding tert-OH is 3. The van der Waals surface area contributed by atoms with E-state index in [4.69, 9.17) is 10.3 Å². The summed E-state index contributed by atoms with van der Waals surface area (Å²) in [6.07, 6.45) is -5.25. The van der Waals surface area contributed by atoms with Gasteiger partial charge in [0, 0.05) is 11.8 Å². The molecule has 0 saturated carbocycles. The van der Waals surface area contributed by atoms with Gasteiger partial charge in [-0.1, -0.05) is 5.11 Å². The second-order valence-electron chi connectivity index (χ2n) is 3.69. The van der Waals surface area contributed by atoms with Crippen molar-refractivity contribution in [2.24, 2.45) is 5.11 Å². The van der Waals surface area contributed by atoms with E-state index in [1.807, 2.05) is 0 Å². The van der Waals surface area contributed by atoms with Gasteiger partial charge in [0.25, 0.3) is 0 Å².